The molecule has 0 saturated carbocycles. The molecule has 0 aliphatic carbocycles. The molecule has 9 atom stereocenters. The summed E-state index contributed by atoms with van der Waals surface area (Å²) >= 11 is 0. The van der Waals surface area contributed by atoms with Crippen LogP contribution in [0.4, 0.5) is 4.79 Å². The van der Waals surface area contributed by atoms with Crippen molar-refractivity contribution in [1.29, 1.82) is 0 Å². The minimum Gasteiger partial charge on any atom is -0.457 e. The molecule has 2 aliphatic rings. The molecule has 2 aromatic rings. The summed E-state index contributed by atoms with van der Waals surface area (Å²) < 4.78 is 7.50. The van der Waals surface area contributed by atoms with E-state index >= 15 is 0 Å². The molecule has 2 fully saturated rings. The van der Waals surface area contributed by atoms with Gasteiger partial charge in [0, 0.05) is 59.1 Å². The number of carbonyl (C=O) groups excluding carboxylic acids is 12. The summed E-state index contributed by atoms with van der Waals surface area (Å²) in [6.07, 6.45) is -5.71. The smallest absolute Gasteiger partial charge is 0.358 e. The Morgan fingerprint density at radius 3 is 1.14 bits per heavy atom. The van der Waals surface area contributed by atoms with Gasteiger partial charge >= 0.3 is 35.3 Å². The second kappa shape index (κ2) is 53.4. The predicted octanol–water partition coefficient (Wildman–Crippen LogP) is -7.92. The van der Waals surface area contributed by atoms with E-state index in [9.17, 15) is 97.1 Å². The summed E-state index contributed by atoms with van der Waals surface area (Å²) in [5.74, 6) is -17.1. The van der Waals surface area contributed by atoms with E-state index in [1.807, 2.05) is 0 Å². The van der Waals surface area contributed by atoms with E-state index in [0.717, 1.165) is 0 Å². The van der Waals surface area contributed by atoms with Crippen LogP contribution in [0.2, 0.25) is 0 Å². The number of carbonyl (C=O) groups is 16. The number of hydrogen-bond acceptors (Lipinski definition) is 18. The van der Waals surface area contributed by atoms with Gasteiger partial charge in [-0.3, -0.25) is 86.8 Å². The SMILES string of the molecule is NC(N)=NCCC[C@@H]1NC(=O)[C@H](CCCCNC(=O)C[C@@H](C(=O)NCCCC[C@@H]2NC(=O)[C@@H](Cc3ccccc3)NC(=O)[C@H](CC(=O)O)NC(=O)CNC(=O)[C@H](CCCN=C(N)N)NC2=O)N(CC(=O)O)C(=O)O)NC(=O)[C@@H](Cc2ccccc2)NC(=O)[C@H](CC(=O)O)NC(=O)CNC1=O.[99Tc].[C-]#[O+].[CH3-].[CH3-].[OH3+].[OH3+]. The largest absolute Gasteiger partial charge is 0.457 e. The number of hydrogen-bond donors (Lipinski definition) is 20. The second-order valence-electron chi connectivity index (χ2n) is 23.2. The number of nitrogens with two attached hydrogens (primary N) is 4. The van der Waals surface area contributed by atoms with Crippen LogP contribution < -0.4 is 86.7 Å². The zero-order valence-corrected chi connectivity index (χ0v) is 60.8. The van der Waals surface area contributed by atoms with Crippen molar-refractivity contribution in [2.45, 2.75) is 151 Å². The maximum Gasteiger partial charge on any atom is -0.358 e. The topological polar surface area (TPSA) is 716 Å². The van der Waals surface area contributed by atoms with Crippen LogP contribution in [0.25, 0.3) is 0 Å². The minimum absolute atomic E-state index is 0. The Labute approximate surface area is 628 Å². The summed E-state index contributed by atoms with van der Waals surface area (Å²) in [5, 5.41) is 68.4. The van der Waals surface area contributed by atoms with Gasteiger partial charge in [-0.2, -0.15) is 0 Å². The number of aliphatic imine (C=N–C) groups is 2. The van der Waals surface area contributed by atoms with Crippen LogP contribution in [0.1, 0.15) is 94.6 Å². The van der Waals surface area contributed by atoms with Gasteiger partial charge in [-0.15, -0.1) is 0 Å². The van der Waals surface area contributed by atoms with Gasteiger partial charge in [0.05, 0.1) is 32.4 Å². The molecule has 0 spiro atoms. The first-order chi connectivity index (χ1) is 48.5. The molecule has 0 bridgehead atoms. The molecule has 4 rings (SSSR count). The van der Waals surface area contributed by atoms with E-state index in [-0.39, 0.29) is 166 Å². The minimum atomic E-state index is -1.98. The van der Waals surface area contributed by atoms with Gasteiger partial charge in [0.1, 0.15) is 60.9 Å². The molecule has 2 aromatic carbocycles. The van der Waals surface area contributed by atoms with Crippen molar-refractivity contribution < 1.29 is 133 Å². The molecular weight excluding hydrogens is 1500 g/mol. The number of unbranched alkanes of at least 4 members (excludes halogenated alkanes) is 2. The number of guanidine groups is 2. The van der Waals surface area contributed by atoms with E-state index < -0.39 is 188 Å². The third-order valence-corrected chi connectivity index (χ3v) is 15.2. The van der Waals surface area contributed by atoms with Gasteiger partial charge in [-0.1, -0.05) is 60.7 Å². The normalized spacial score (nSPS) is 19.5. The third kappa shape index (κ3) is 38.8. The first-order valence-electron chi connectivity index (χ1n) is 32.0. The van der Waals surface area contributed by atoms with Crippen LogP contribution in [0.15, 0.2) is 70.6 Å². The first kappa shape index (κ1) is 99.8. The van der Waals surface area contributed by atoms with Crippen molar-refractivity contribution in [1.82, 2.24) is 68.7 Å². The summed E-state index contributed by atoms with van der Waals surface area (Å²) in [5.41, 5.74) is 22.8. The van der Waals surface area contributed by atoms with Crippen molar-refractivity contribution >= 4 is 107 Å². The van der Waals surface area contributed by atoms with Crippen LogP contribution in [0.3, 0.4) is 0 Å². The van der Waals surface area contributed by atoms with Crippen LogP contribution in [0, 0.1) is 21.5 Å². The molecule has 30 N–H and O–H groups in total. The summed E-state index contributed by atoms with van der Waals surface area (Å²) in [6.45, 7) is 1.12. The predicted molar refractivity (Wildman–Crippen MR) is 377 cm³/mol. The Balaban J connectivity index is -0.0000153. The number of nitrogens with zero attached hydrogens (tertiary/aromatic N) is 3. The molecule has 0 aromatic heterocycles. The van der Waals surface area contributed by atoms with Gasteiger partial charge in [-0.05, 0) is 75.3 Å². The number of carboxylic acids is 3. The maximum atomic E-state index is 14.3. The number of amides is 13. The van der Waals surface area contributed by atoms with Crippen molar-refractivity contribution in [2.24, 2.45) is 32.9 Å². The zero-order chi connectivity index (χ0) is 75.8. The molecule has 107 heavy (non-hydrogen) atoms. The quantitative estimate of drug-likeness (QED) is 0.0106. The number of aliphatic carboxylic acids is 3. The van der Waals surface area contributed by atoms with E-state index in [0.29, 0.717) is 11.1 Å². The molecular formula is C64H99N19O23Tc. The Hall–Kier alpha value is -11.4. The van der Waals surface area contributed by atoms with Crippen molar-refractivity contribution in [2.75, 3.05) is 45.8 Å². The second-order valence-corrected chi connectivity index (χ2v) is 23.2. The fourth-order valence-corrected chi connectivity index (χ4v) is 10.2. The van der Waals surface area contributed by atoms with Crippen LogP contribution in [-0.4, -0.2) is 232 Å². The fraction of sp³-hybridized carbons (Fsp3) is 0.484. The summed E-state index contributed by atoms with van der Waals surface area (Å²) in [7, 11) is 0. The van der Waals surface area contributed by atoms with Gasteiger partial charge in [0.25, 0.3) is 0 Å². The van der Waals surface area contributed by atoms with Crippen LogP contribution in [-0.2, 0) is 120 Å². The van der Waals surface area contributed by atoms with E-state index in [1.54, 1.807) is 60.7 Å². The molecule has 2 heterocycles. The van der Waals surface area contributed by atoms with E-state index in [4.69, 9.17) is 27.6 Å². The van der Waals surface area contributed by atoms with Crippen molar-refractivity contribution in [3.8, 4) is 0 Å². The number of rotatable bonds is 32. The number of carboxylic acid groups (broad SMARTS) is 4. The molecule has 42 nitrogen and oxygen atoms in total. The van der Waals surface area contributed by atoms with Crippen molar-refractivity contribution in [3.63, 3.8) is 0 Å². The summed E-state index contributed by atoms with van der Waals surface area (Å²) in [4.78, 5) is 221. The van der Waals surface area contributed by atoms with Crippen molar-refractivity contribution in [3.05, 3.63) is 93.3 Å². The fourth-order valence-electron chi connectivity index (χ4n) is 10.2. The molecule has 2 aliphatic heterocycles. The molecule has 43 heteroatoms. The van der Waals surface area contributed by atoms with Crippen LogP contribution >= 0.6 is 0 Å². The first-order valence-corrected chi connectivity index (χ1v) is 32.0. The van der Waals surface area contributed by atoms with Crippen LogP contribution in [0.5, 0.6) is 0 Å². The van der Waals surface area contributed by atoms with Gasteiger partial charge in [-0.25, -0.2) is 4.79 Å². The average molecular weight is 1600 g/mol. The zero-order valence-electron chi connectivity index (χ0n) is 58.9. The Morgan fingerprint density at radius 2 is 0.794 bits per heavy atom. The van der Waals surface area contributed by atoms with Gasteiger partial charge in [0.15, 0.2) is 11.9 Å². The Bertz CT molecular complexity index is 3370. The maximum absolute atomic E-state index is 14.3. The molecule has 0 unspecified atom stereocenters. The molecule has 13 amide bonds. The molecule has 1 radical (unpaired) electrons. The Kier molecular flexibility index (Phi) is 49.8. The third-order valence-electron chi connectivity index (χ3n) is 15.2. The average Bonchev–Trinajstić information content (AvgIpc) is 1.76. The van der Waals surface area contributed by atoms with Gasteiger partial charge in [0.2, 0.25) is 70.9 Å². The van der Waals surface area contributed by atoms with E-state index in [1.165, 1.54) is 0 Å². The molecule has 595 valence electrons. The monoisotopic (exact) mass is 1600 g/mol. The standard InChI is InChI=1S/C61H87N19O20.CO.2CH3.2H2O.Tc/c62-59(63)68-23-11-19-35-50(90)70-30-45(82)72-41(27-47(84)85)56(96)78-39(25-33-13-3-1-4-14-33)54(94)76-37(52(92)74-35)17-7-9-21-66-44(81)29-43(80(61(99)100)32-49(88)89)58(98)67-22-10-8-18-38-53(93)75-36(20-12-24-69-60(64)65)51(91)71-31-46(83)73-42(28-48(86)87)57(97)79-40(55(95)77-38)26-34-15-5-2-6-16-34;1-2;;;;;/h1-6,13-16,35-43H,7-12,17-32H2,(H,66,81)(H,67,98)(H,70,90)(H,71,91)(H,72,82)(H,73,83)(H,74,92)(H,75,93)(H,76,94)(H,77,95)(H,78,96)(H,79,97)(H,84,85)(H,86,87)(H,88,89)(H,99,100)(H4,62,63,68)(H4,64,65,69);;2*1H3;2*1H2;/q;;2*-1;;;/p+2/t35-,36-,37-,38-,39+,40+,41-,42-,43-;;;;;;/m0....../s1/i;;;;;;1+1. The Morgan fingerprint density at radius 1 is 0.467 bits per heavy atom. The molecule has 2 saturated heterocycles. The van der Waals surface area contributed by atoms with Gasteiger partial charge < -0.3 is 133 Å². The summed E-state index contributed by atoms with van der Waals surface area (Å²) in [6, 6.07) is 2.18. The number of nitrogens with one attached hydrogen (secondary N) is 12. The number of benzene rings is 2. The van der Waals surface area contributed by atoms with E-state index in [2.05, 4.69) is 80.4 Å².